The zero-order valence-electron chi connectivity index (χ0n) is 18.1. The summed E-state index contributed by atoms with van der Waals surface area (Å²) in [6, 6.07) is 17.3. The molecule has 0 aliphatic rings. The molecule has 0 unspecified atom stereocenters. The van der Waals surface area contributed by atoms with Crippen LogP contribution in [-0.4, -0.2) is 27.8 Å². The summed E-state index contributed by atoms with van der Waals surface area (Å²) in [5.74, 6) is -1.06. The maximum atomic E-state index is 12.7. The molecule has 0 saturated carbocycles. The fourth-order valence-electron chi connectivity index (χ4n) is 3.19. The standard InChI is InChI=1S/C24H26ClN3O3/c1-15-10-12-19(13-11-15)14-28-22(25)21(17(3)27-28)24(30)31-18(4)23(29)26-16(2)20-8-6-5-7-9-20/h5-13,16,18H,14H2,1-4H3,(H,26,29)/t16-,18+/m1/s1. The normalized spacial score (nSPS) is 12.8. The number of aromatic nitrogens is 2. The summed E-state index contributed by atoms with van der Waals surface area (Å²) in [6.07, 6.45) is -0.977. The highest BCUT2D eigenvalue weighted by Gasteiger charge is 2.26. The molecule has 0 aliphatic heterocycles. The molecule has 162 valence electrons. The van der Waals surface area contributed by atoms with Gasteiger partial charge in [-0.25, -0.2) is 9.48 Å². The summed E-state index contributed by atoms with van der Waals surface area (Å²) >= 11 is 6.43. The van der Waals surface area contributed by atoms with Crippen molar-refractivity contribution in [3.8, 4) is 0 Å². The molecule has 6 nitrogen and oxygen atoms in total. The summed E-state index contributed by atoms with van der Waals surface area (Å²) < 4.78 is 6.94. The lowest BCUT2D eigenvalue weighted by atomic mass is 10.1. The van der Waals surface area contributed by atoms with Crippen LogP contribution >= 0.6 is 11.6 Å². The van der Waals surface area contributed by atoms with Gasteiger partial charge in [0.1, 0.15) is 10.7 Å². The van der Waals surface area contributed by atoms with E-state index in [2.05, 4.69) is 10.4 Å². The third-order valence-electron chi connectivity index (χ3n) is 5.03. The lowest BCUT2D eigenvalue weighted by molar-refractivity contribution is -0.129. The molecule has 0 fully saturated rings. The van der Waals surface area contributed by atoms with Crippen molar-refractivity contribution in [1.82, 2.24) is 15.1 Å². The van der Waals surface area contributed by atoms with Crippen LogP contribution in [0, 0.1) is 13.8 Å². The molecule has 1 amide bonds. The lowest BCUT2D eigenvalue weighted by Gasteiger charge is -2.18. The van der Waals surface area contributed by atoms with Crippen molar-refractivity contribution in [3.05, 3.63) is 87.7 Å². The molecule has 1 heterocycles. The quantitative estimate of drug-likeness (QED) is 0.545. The number of carbonyl (C=O) groups excluding carboxylic acids is 2. The van der Waals surface area contributed by atoms with Crippen LogP contribution in [0.15, 0.2) is 54.6 Å². The van der Waals surface area contributed by atoms with E-state index in [1.807, 2.05) is 68.4 Å². The predicted molar refractivity (Wildman–Crippen MR) is 120 cm³/mol. The molecule has 1 aromatic heterocycles. The van der Waals surface area contributed by atoms with Crippen LogP contribution < -0.4 is 5.32 Å². The van der Waals surface area contributed by atoms with Gasteiger partial charge in [0.15, 0.2) is 6.10 Å². The number of ether oxygens (including phenoxy) is 1. The van der Waals surface area contributed by atoms with Crippen molar-refractivity contribution in [3.63, 3.8) is 0 Å². The number of nitrogens with zero attached hydrogens (tertiary/aromatic N) is 2. The van der Waals surface area contributed by atoms with Crippen LogP contribution in [0.2, 0.25) is 5.15 Å². The van der Waals surface area contributed by atoms with E-state index >= 15 is 0 Å². The smallest absolute Gasteiger partial charge is 0.343 e. The van der Waals surface area contributed by atoms with Gasteiger partial charge in [0.05, 0.1) is 18.3 Å². The molecule has 1 N–H and O–H groups in total. The fraction of sp³-hybridized carbons (Fsp3) is 0.292. The minimum atomic E-state index is -0.977. The van der Waals surface area contributed by atoms with Gasteiger partial charge in [-0.1, -0.05) is 71.8 Å². The van der Waals surface area contributed by atoms with E-state index in [1.54, 1.807) is 11.6 Å². The van der Waals surface area contributed by atoms with E-state index in [4.69, 9.17) is 16.3 Å². The fourth-order valence-corrected chi connectivity index (χ4v) is 3.50. The Kier molecular flexibility index (Phi) is 7.13. The molecule has 0 spiro atoms. The topological polar surface area (TPSA) is 73.2 Å². The van der Waals surface area contributed by atoms with Crippen molar-refractivity contribution in [2.75, 3.05) is 0 Å². The molecule has 3 rings (SSSR count). The number of halogens is 1. The van der Waals surface area contributed by atoms with Crippen molar-refractivity contribution < 1.29 is 14.3 Å². The van der Waals surface area contributed by atoms with Gasteiger partial charge in [0.2, 0.25) is 0 Å². The van der Waals surface area contributed by atoms with Crippen LogP contribution in [0.25, 0.3) is 0 Å². The Hall–Kier alpha value is -3.12. The second-order valence-corrected chi connectivity index (χ2v) is 7.94. The summed E-state index contributed by atoms with van der Waals surface area (Å²) in [5, 5.41) is 7.42. The van der Waals surface area contributed by atoms with E-state index in [9.17, 15) is 9.59 Å². The van der Waals surface area contributed by atoms with Crippen LogP contribution in [0.4, 0.5) is 0 Å². The maximum absolute atomic E-state index is 12.7. The first-order valence-electron chi connectivity index (χ1n) is 10.1. The van der Waals surface area contributed by atoms with Gasteiger partial charge in [0.25, 0.3) is 5.91 Å². The number of nitrogens with one attached hydrogen (secondary N) is 1. The zero-order valence-corrected chi connectivity index (χ0v) is 18.8. The molecule has 0 radical (unpaired) electrons. The van der Waals surface area contributed by atoms with Crippen molar-refractivity contribution in [2.45, 2.75) is 46.4 Å². The molecule has 2 atom stereocenters. The molecular formula is C24H26ClN3O3. The number of hydrogen-bond donors (Lipinski definition) is 1. The van der Waals surface area contributed by atoms with Gasteiger partial charge < -0.3 is 10.1 Å². The predicted octanol–water partition coefficient (Wildman–Crippen LogP) is 4.62. The Labute approximate surface area is 187 Å². The van der Waals surface area contributed by atoms with E-state index in [1.165, 1.54) is 6.92 Å². The molecule has 2 aromatic carbocycles. The van der Waals surface area contributed by atoms with Gasteiger partial charge in [-0.2, -0.15) is 5.10 Å². The Morgan fingerprint density at radius 2 is 1.71 bits per heavy atom. The summed E-state index contributed by atoms with van der Waals surface area (Å²) in [7, 11) is 0. The summed E-state index contributed by atoms with van der Waals surface area (Å²) in [6.45, 7) is 7.54. The second-order valence-electron chi connectivity index (χ2n) is 7.58. The van der Waals surface area contributed by atoms with Gasteiger partial charge >= 0.3 is 5.97 Å². The Bertz CT molecular complexity index is 1060. The number of benzene rings is 2. The first-order chi connectivity index (χ1) is 14.8. The number of rotatable bonds is 7. The Balaban J connectivity index is 1.66. The van der Waals surface area contributed by atoms with E-state index in [-0.39, 0.29) is 22.7 Å². The number of esters is 1. The minimum Gasteiger partial charge on any atom is -0.449 e. The first kappa shape index (κ1) is 22.6. The minimum absolute atomic E-state index is 0.171. The number of carbonyl (C=O) groups is 2. The van der Waals surface area contributed by atoms with Crippen LogP contribution in [-0.2, 0) is 16.1 Å². The maximum Gasteiger partial charge on any atom is 0.343 e. The third-order valence-corrected chi connectivity index (χ3v) is 5.42. The van der Waals surface area contributed by atoms with E-state index in [0.717, 1.165) is 16.7 Å². The summed E-state index contributed by atoms with van der Waals surface area (Å²) in [4.78, 5) is 25.2. The molecule has 31 heavy (non-hydrogen) atoms. The highest BCUT2D eigenvalue weighted by Crippen LogP contribution is 2.23. The van der Waals surface area contributed by atoms with E-state index < -0.39 is 12.1 Å². The Morgan fingerprint density at radius 3 is 2.35 bits per heavy atom. The van der Waals surface area contributed by atoms with Gasteiger partial charge in [-0.05, 0) is 38.8 Å². The number of aryl methyl sites for hydroxylation is 2. The van der Waals surface area contributed by atoms with Gasteiger partial charge in [-0.3, -0.25) is 4.79 Å². The average molecular weight is 440 g/mol. The van der Waals surface area contributed by atoms with Crippen molar-refractivity contribution in [1.29, 1.82) is 0 Å². The molecular weight excluding hydrogens is 414 g/mol. The van der Waals surface area contributed by atoms with Crippen molar-refractivity contribution >= 4 is 23.5 Å². The second kappa shape index (κ2) is 9.79. The number of hydrogen-bond acceptors (Lipinski definition) is 4. The molecule has 0 bridgehead atoms. The van der Waals surface area contributed by atoms with Gasteiger partial charge in [0, 0.05) is 0 Å². The molecule has 7 heteroatoms. The average Bonchev–Trinajstić information content (AvgIpc) is 3.03. The molecule has 0 aliphatic carbocycles. The van der Waals surface area contributed by atoms with Gasteiger partial charge in [-0.15, -0.1) is 0 Å². The van der Waals surface area contributed by atoms with Crippen LogP contribution in [0.3, 0.4) is 0 Å². The highest BCUT2D eigenvalue weighted by atomic mass is 35.5. The zero-order chi connectivity index (χ0) is 22.5. The largest absolute Gasteiger partial charge is 0.449 e. The molecule has 3 aromatic rings. The third kappa shape index (κ3) is 5.52. The highest BCUT2D eigenvalue weighted by molar-refractivity contribution is 6.32. The SMILES string of the molecule is Cc1ccc(Cn2nc(C)c(C(=O)O[C@@H](C)C(=O)N[C@H](C)c3ccccc3)c2Cl)cc1. The Morgan fingerprint density at radius 1 is 1.06 bits per heavy atom. The summed E-state index contributed by atoms with van der Waals surface area (Å²) in [5.41, 5.74) is 3.75. The van der Waals surface area contributed by atoms with Crippen molar-refractivity contribution in [2.24, 2.45) is 0 Å². The first-order valence-corrected chi connectivity index (χ1v) is 10.5. The number of amides is 1. The van der Waals surface area contributed by atoms with E-state index in [0.29, 0.717) is 12.2 Å². The molecule has 0 saturated heterocycles. The van der Waals surface area contributed by atoms with Crippen LogP contribution in [0.1, 0.15) is 52.6 Å². The monoisotopic (exact) mass is 439 g/mol. The lowest BCUT2D eigenvalue weighted by Crippen LogP contribution is -2.37. The van der Waals surface area contributed by atoms with Crippen LogP contribution in [0.5, 0.6) is 0 Å².